The molecule has 0 fully saturated rings. The molecule has 0 bridgehead atoms. The highest BCUT2D eigenvalue weighted by Gasteiger charge is 2.03. The van der Waals surface area contributed by atoms with E-state index in [-0.39, 0.29) is 5.75 Å². The molecule has 0 aliphatic carbocycles. The minimum atomic E-state index is 0.182. The lowest BCUT2D eigenvalue weighted by molar-refractivity contribution is 0.117. The van der Waals surface area contributed by atoms with Crippen molar-refractivity contribution in [3.05, 3.63) is 23.8 Å². The SMILES string of the molecule is CCCCCOCc1ccc(O)c(OCC)c1. The van der Waals surface area contributed by atoms with Gasteiger partial charge in [0.25, 0.3) is 0 Å². The second-order valence-electron chi connectivity index (χ2n) is 3.99. The molecular weight excluding hydrogens is 216 g/mol. The highest BCUT2D eigenvalue weighted by molar-refractivity contribution is 5.41. The Balaban J connectivity index is 2.40. The number of aromatic hydroxyl groups is 1. The lowest BCUT2D eigenvalue weighted by atomic mass is 10.2. The van der Waals surface area contributed by atoms with Crippen LogP contribution in [0.25, 0.3) is 0 Å². The van der Waals surface area contributed by atoms with E-state index in [0.29, 0.717) is 19.0 Å². The summed E-state index contributed by atoms with van der Waals surface area (Å²) in [6.07, 6.45) is 3.52. The Bertz CT molecular complexity index is 323. The monoisotopic (exact) mass is 238 g/mol. The Morgan fingerprint density at radius 1 is 1.18 bits per heavy atom. The van der Waals surface area contributed by atoms with Crippen LogP contribution in [0, 0.1) is 0 Å². The van der Waals surface area contributed by atoms with Gasteiger partial charge in [0.1, 0.15) is 0 Å². The second-order valence-corrected chi connectivity index (χ2v) is 3.99. The van der Waals surface area contributed by atoms with Gasteiger partial charge in [-0.25, -0.2) is 0 Å². The van der Waals surface area contributed by atoms with E-state index in [2.05, 4.69) is 6.92 Å². The van der Waals surface area contributed by atoms with Crippen LogP contribution in [-0.4, -0.2) is 18.3 Å². The number of hydrogen-bond donors (Lipinski definition) is 1. The van der Waals surface area contributed by atoms with E-state index >= 15 is 0 Å². The fourth-order valence-corrected chi connectivity index (χ4v) is 1.56. The average molecular weight is 238 g/mol. The summed E-state index contributed by atoms with van der Waals surface area (Å²) in [7, 11) is 0. The normalized spacial score (nSPS) is 10.5. The fourth-order valence-electron chi connectivity index (χ4n) is 1.56. The first-order valence-electron chi connectivity index (χ1n) is 6.30. The molecule has 0 amide bonds. The predicted molar refractivity (Wildman–Crippen MR) is 68.5 cm³/mol. The molecule has 0 aliphatic heterocycles. The van der Waals surface area contributed by atoms with Crippen LogP contribution in [0.1, 0.15) is 38.7 Å². The summed E-state index contributed by atoms with van der Waals surface area (Å²) in [5.74, 6) is 0.712. The van der Waals surface area contributed by atoms with Crippen molar-refractivity contribution in [3.8, 4) is 11.5 Å². The molecule has 0 aromatic heterocycles. The van der Waals surface area contributed by atoms with Gasteiger partial charge >= 0.3 is 0 Å². The number of phenolic OH excluding ortho intramolecular Hbond substituents is 1. The van der Waals surface area contributed by atoms with Crippen molar-refractivity contribution in [2.24, 2.45) is 0 Å². The van der Waals surface area contributed by atoms with Crippen molar-refractivity contribution in [2.75, 3.05) is 13.2 Å². The molecule has 0 aliphatic rings. The van der Waals surface area contributed by atoms with Crippen molar-refractivity contribution >= 4 is 0 Å². The van der Waals surface area contributed by atoms with E-state index in [1.54, 1.807) is 6.07 Å². The summed E-state index contributed by atoms with van der Waals surface area (Å²) < 4.78 is 10.9. The van der Waals surface area contributed by atoms with Gasteiger partial charge in [-0.3, -0.25) is 0 Å². The number of unbranched alkanes of at least 4 members (excludes halogenated alkanes) is 2. The smallest absolute Gasteiger partial charge is 0.161 e. The summed E-state index contributed by atoms with van der Waals surface area (Å²) >= 11 is 0. The zero-order valence-electron chi connectivity index (χ0n) is 10.7. The summed E-state index contributed by atoms with van der Waals surface area (Å²) in [5, 5.41) is 9.54. The molecule has 0 heterocycles. The van der Waals surface area contributed by atoms with Crippen LogP contribution in [0.5, 0.6) is 11.5 Å². The van der Waals surface area contributed by atoms with E-state index in [4.69, 9.17) is 9.47 Å². The van der Waals surface area contributed by atoms with E-state index in [9.17, 15) is 5.11 Å². The van der Waals surface area contributed by atoms with Crippen molar-refractivity contribution in [3.63, 3.8) is 0 Å². The zero-order chi connectivity index (χ0) is 12.5. The largest absolute Gasteiger partial charge is 0.504 e. The number of rotatable bonds is 8. The van der Waals surface area contributed by atoms with E-state index in [1.807, 2.05) is 19.1 Å². The summed E-state index contributed by atoms with van der Waals surface area (Å²) in [6.45, 7) is 5.98. The van der Waals surface area contributed by atoms with Crippen molar-refractivity contribution in [1.82, 2.24) is 0 Å². The van der Waals surface area contributed by atoms with Gasteiger partial charge < -0.3 is 14.6 Å². The predicted octanol–water partition coefficient (Wildman–Crippen LogP) is 3.50. The molecule has 3 nitrogen and oxygen atoms in total. The van der Waals surface area contributed by atoms with Gasteiger partial charge in [-0.2, -0.15) is 0 Å². The Morgan fingerprint density at radius 3 is 2.71 bits per heavy atom. The van der Waals surface area contributed by atoms with Crippen molar-refractivity contribution < 1.29 is 14.6 Å². The molecule has 1 rings (SSSR count). The minimum absolute atomic E-state index is 0.182. The Kier molecular flexibility index (Phi) is 6.48. The van der Waals surface area contributed by atoms with Crippen LogP contribution in [0.15, 0.2) is 18.2 Å². The van der Waals surface area contributed by atoms with Gasteiger partial charge in [-0.15, -0.1) is 0 Å². The van der Waals surface area contributed by atoms with E-state index < -0.39 is 0 Å². The average Bonchev–Trinajstić information content (AvgIpc) is 2.33. The number of benzene rings is 1. The van der Waals surface area contributed by atoms with E-state index in [1.165, 1.54) is 12.8 Å². The first-order valence-corrected chi connectivity index (χ1v) is 6.30. The topological polar surface area (TPSA) is 38.7 Å². The zero-order valence-corrected chi connectivity index (χ0v) is 10.7. The summed E-state index contributed by atoms with van der Waals surface area (Å²) in [6, 6.07) is 5.34. The maximum Gasteiger partial charge on any atom is 0.161 e. The van der Waals surface area contributed by atoms with Gasteiger partial charge in [0, 0.05) is 6.61 Å². The first-order chi connectivity index (χ1) is 8.27. The summed E-state index contributed by atoms with van der Waals surface area (Å²) in [5.41, 5.74) is 1.03. The van der Waals surface area contributed by atoms with Crippen LogP contribution in [0.3, 0.4) is 0 Å². The van der Waals surface area contributed by atoms with Crippen LogP contribution in [-0.2, 0) is 11.3 Å². The van der Waals surface area contributed by atoms with Crippen LogP contribution in [0.4, 0.5) is 0 Å². The fraction of sp³-hybridized carbons (Fsp3) is 0.571. The highest BCUT2D eigenvalue weighted by Crippen LogP contribution is 2.27. The van der Waals surface area contributed by atoms with Crippen molar-refractivity contribution in [2.45, 2.75) is 39.7 Å². The highest BCUT2D eigenvalue weighted by atomic mass is 16.5. The number of ether oxygens (including phenoxy) is 2. The van der Waals surface area contributed by atoms with Crippen LogP contribution >= 0.6 is 0 Å². The maximum absolute atomic E-state index is 9.54. The molecule has 0 unspecified atom stereocenters. The minimum Gasteiger partial charge on any atom is -0.504 e. The summed E-state index contributed by atoms with van der Waals surface area (Å²) in [4.78, 5) is 0. The first kappa shape index (κ1) is 13.8. The Hall–Kier alpha value is -1.22. The Labute approximate surface area is 103 Å². The molecule has 1 aromatic rings. The van der Waals surface area contributed by atoms with Gasteiger partial charge in [0.2, 0.25) is 0 Å². The van der Waals surface area contributed by atoms with E-state index in [0.717, 1.165) is 18.6 Å². The molecule has 3 heteroatoms. The number of hydrogen-bond acceptors (Lipinski definition) is 3. The van der Waals surface area contributed by atoms with Gasteiger partial charge in [-0.05, 0) is 31.0 Å². The standard InChI is InChI=1S/C14H22O3/c1-3-5-6-9-16-11-12-7-8-13(15)14(10-12)17-4-2/h7-8,10,15H,3-6,9,11H2,1-2H3. The molecule has 0 radical (unpaired) electrons. The molecule has 0 saturated heterocycles. The molecule has 17 heavy (non-hydrogen) atoms. The van der Waals surface area contributed by atoms with Crippen LogP contribution < -0.4 is 4.74 Å². The lowest BCUT2D eigenvalue weighted by Crippen LogP contribution is -1.97. The molecule has 0 saturated carbocycles. The third kappa shape index (κ3) is 5.09. The van der Waals surface area contributed by atoms with Gasteiger partial charge in [-0.1, -0.05) is 25.8 Å². The molecule has 0 atom stereocenters. The second kappa shape index (κ2) is 7.96. The van der Waals surface area contributed by atoms with Gasteiger partial charge in [0.15, 0.2) is 11.5 Å². The third-order valence-electron chi connectivity index (χ3n) is 2.49. The molecule has 1 aromatic carbocycles. The quantitative estimate of drug-likeness (QED) is 0.704. The number of phenols is 1. The molecular formula is C14H22O3. The Morgan fingerprint density at radius 2 is 2.00 bits per heavy atom. The molecule has 1 N–H and O–H groups in total. The van der Waals surface area contributed by atoms with Crippen LogP contribution in [0.2, 0.25) is 0 Å². The third-order valence-corrected chi connectivity index (χ3v) is 2.49. The van der Waals surface area contributed by atoms with Gasteiger partial charge in [0.05, 0.1) is 13.2 Å². The molecule has 96 valence electrons. The maximum atomic E-state index is 9.54. The lowest BCUT2D eigenvalue weighted by Gasteiger charge is -2.09. The molecule has 0 spiro atoms. The van der Waals surface area contributed by atoms with Crippen molar-refractivity contribution in [1.29, 1.82) is 0 Å².